The predicted octanol–water partition coefficient (Wildman–Crippen LogP) is 1.83. The van der Waals surface area contributed by atoms with E-state index in [9.17, 15) is 9.59 Å². The van der Waals surface area contributed by atoms with Crippen LogP contribution in [0.3, 0.4) is 0 Å². The predicted molar refractivity (Wildman–Crippen MR) is 73.7 cm³/mol. The Hall–Kier alpha value is -1.36. The van der Waals surface area contributed by atoms with E-state index in [1.54, 1.807) is 13.0 Å². The first-order chi connectivity index (χ1) is 8.87. The monoisotopic (exact) mass is 272 g/mol. The first-order valence-corrected chi connectivity index (χ1v) is 6.70. The number of unbranched alkanes of at least 4 members (excludes halogenated alkanes) is 1. The average molecular weight is 272 g/mol. The summed E-state index contributed by atoms with van der Waals surface area (Å²) in [7, 11) is 4.21. The lowest BCUT2D eigenvalue weighted by Crippen LogP contribution is -2.41. The second-order valence-electron chi connectivity index (χ2n) is 5.25. The Morgan fingerprint density at radius 1 is 1.16 bits per heavy atom. The summed E-state index contributed by atoms with van der Waals surface area (Å²) in [4.78, 5) is 21.5. The molecule has 0 atom stereocenters. The summed E-state index contributed by atoms with van der Waals surface area (Å²) in [6.07, 6.45) is 5.73. The minimum Gasteiger partial charge on any atom is -0.481 e. The SMILES string of the molecule is CC=CC(=O)OCCC[N+](C)(C)CCCCC(=O)O. The fraction of sp³-hybridized carbons (Fsp3) is 0.714. The van der Waals surface area contributed by atoms with Crippen LogP contribution in [0.2, 0.25) is 0 Å². The smallest absolute Gasteiger partial charge is 0.330 e. The number of rotatable bonds is 10. The number of quaternary nitrogens is 1. The standard InChI is InChI=1S/C14H25NO4/c1-4-8-14(18)19-12-7-11-15(2,3)10-6-5-9-13(16)17/h4,8H,5-7,9-12H2,1-3H3/p+1. The Bertz CT molecular complexity index is 311. The molecule has 0 spiro atoms. The molecule has 0 fully saturated rings. The van der Waals surface area contributed by atoms with E-state index >= 15 is 0 Å². The van der Waals surface area contributed by atoms with Gasteiger partial charge in [-0.2, -0.15) is 0 Å². The van der Waals surface area contributed by atoms with E-state index in [0.29, 0.717) is 13.0 Å². The maximum atomic E-state index is 11.1. The van der Waals surface area contributed by atoms with E-state index in [1.807, 2.05) is 0 Å². The van der Waals surface area contributed by atoms with Gasteiger partial charge in [-0.1, -0.05) is 6.08 Å². The molecular formula is C14H26NO4+. The lowest BCUT2D eigenvalue weighted by molar-refractivity contribution is -0.890. The summed E-state index contributed by atoms with van der Waals surface area (Å²) in [6.45, 7) is 4.06. The van der Waals surface area contributed by atoms with Crippen LogP contribution in [-0.4, -0.2) is 55.3 Å². The molecule has 1 N–H and O–H groups in total. The van der Waals surface area contributed by atoms with Crippen molar-refractivity contribution < 1.29 is 23.9 Å². The maximum absolute atomic E-state index is 11.1. The van der Waals surface area contributed by atoms with Crippen LogP contribution in [0.5, 0.6) is 0 Å². The van der Waals surface area contributed by atoms with Gasteiger partial charge in [-0.15, -0.1) is 0 Å². The van der Waals surface area contributed by atoms with Crippen molar-refractivity contribution in [3.8, 4) is 0 Å². The van der Waals surface area contributed by atoms with Crippen molar-refractivity contribution in [2.24, 2.45) is 0 Å². The lowest BCUT2D eigenvalue weighted by atomic mass is 10.2. The highest BCUT2D eigenvalue weighted by Crippen LogP contribution is 2.05. The van der Waals surface area contributed by atoms with Crippen molar-refractivity contribution in [2.45, 2.75) is 32.6 Å². The number of hydrogen-bond donors (Lipinski definition) is 1. The minimum atomic E-state index is -0.735. The lowest BCUT2D eigenvalue weighted by Gasteiger charge is -2.29. The van der Waals surface area contributed by atoms with Crippen molar-refractivity contribution in [3.63, 3.8) is 0 Å². The molecule has 0 saturated heterocycles. The number of nitrogens with zero attached hydrogens (tertiary/aromatic N) is 1. The quantitative estimate of drug-likeness (QED) is 0.285. The van der Waals surface area contributed by atoms with Crippen LogP contribution in [0.4, 0.5) is 0 Å². The molecule has 0 aromatic rings. The van der Waals surface area contributed by atoms with Gasteiger partial charge >= 0.3 is 11.9 Å². The number of aliphatic carboxylic acids is 1. The molecule has 0 aromatic carbocycles. The average Bonchev–Trinajstić information content (AvgIpc) is 2.31. The van der Waals surface area contributed by atoms with Crippen LogP contribution >= 0.6 is 0 Å². The van der Waals surface area contributed by atoms with Gasteiger partial charge in [0.2, 0.25) is 0 Å². The summed E-state index contributed by atoms with van der Waals surface area (Å²) in [5.41, 5.74) is 0. The largest absolute Gasteiger partial charge is 0.481 e. The molecule has 5 nitrogen and oxygen atoms in total. The Balaban J connectivity index is 3.66. The maximum Gasteiger partial charge on any atom is 0.330 e. The molecule has 110 valence electrons. The van der Waals surface area contributed by atoms with E-state index in [4.69, 9.17) is 9.84 Å². The number of allylic oxidation sites excluding steroid dienone is 1. The molecular weight excluding hydrogens is 246 g/mol. The molecule has 0 aliphatic heterocycles. The van der Waals surface area contributed by atoms with Crippen LogP contribution < -0.4 is 0 Å². The molecule has 0 radical (unpaired) electrons. The van der Waals surface area contributed by atoms with Gasteiger partial charge < -0.3 is 14.3 Å². The Morgan fingerprint density at radius 2 is 1.79 bits per heavy atom. The molecule has 0 aromatic heterocycles. The summed E-state index contributed by atoms with van der Waals surface area (Å²) >= 11 is 0. The van der Waals surface area contributed by atoms with Crippen molar-refractivity contribution in [1.82, 2.24) is 0 Å². The molecule has 0 amide bonds. The van der Waals surface area contributed by atoms with Crippen molar-refractivity contribution in [3.05, 3.63) is 12.2 Å². The molecule has 5 heteroatoms. The molecule has 0 bridgehead atoms. The number of esters is 1. The van der Waals surface area contributed by atoms with Gasteiger partial charge in [0.05, 0.1) is 33.8 Å². The number of carboxylic acids is 1. The molecule has 19 heavy (non-hydrogen) atoms. The van der Waals surface area contributed by atoms with Crippen molar-refractivity contribution in [2.75, 3.05) is 33.8 Å². The fourth-order valence-corrected chi connectivity index (χ4v) is 1.78. The number of ether oxygens (including phenoxy) is 1. The zero-order chi connectivity index (χ0) is 14.7. The zero-order valence-corrected chi connectivity index (χ0v) is 12.2. The number of carboxylic acid groups (broad SMARTS) is 1. The number of carbonyl (C=O) groups is 2. The van der Waals surface area contributed by atoms with Gasteiger partial charge in [0, 0.05) is 18.9 Å². The van der Waals surface area contributed by atoms with Crippen molar-refractivity contribution >= 4 is 11.9 Å². The van der Waals surface area contributed by atoms with Crippen molar-refractivity contribution in [1.29, 1.82) is 0 Å². The number of carbonyl (C=O) groups excluding carboxylic acids is 1. The third-order valence-electron chi connectivity index (χ3n) is 2.86. The second-order valence-corrected chi connectivity index (χ2v) is 5.25. The Kier molecular flexibility index (Phi) is 8.87. The third kappa shape index (κ3) is 11.5. The normalized spacial score (nSPS) is 11.7. The Labute approximate surface area is 115 Å². The van der Waals surface area contributed by atoms with Gasteiger partial charge in [-0.3, -0.25) is 4.79 Å². The van der Waals surface area contributed by atoms with Crippen LogP contribution in [0.15, 0.2) is 12.2 Å². The third-order valence-corrected chi connectivity index (χ3v) is 2.86. The summed E-state index contributed by atoms with van der Waals surface area (Å²) in [5, 5.41) is 8.55. The summed E-state index contributed by atoms with van der Waals surface area (Å²) in [5.74, 6) is -1.03. The highest BCUT2D eigenvalue weighted by atomic mass is 16.5. The molecule has 0 rings (SSSR count). The van der Waals surface area contributed by atoms with Crippen LogP contribution in [-0.2, 0) is 14.3 Å². The highest BCUT2D eigenvalue weighted by molar-refractivity contribution is 5.81. The molecule has 0 aliphatic rings. The zero-order valence-electron chi connectivity index (χ0n) is 12.2. The summed E-state index contributed by atoms with van der Waals surface area (Å²) < 4.78 is 5.84. The molecule has 0 unspecified atom stereocenters. The van der Waals surface area contributed by atoms with Gasteiger partial charge in [-0.05, 0) is 19.8 Å². The van der Waals surface area contributed by atoms with E-state index in [1.165, 1.54) is 6.08 Å². The summed E-state index contributed by atoms with van der Waals surface area (Å²) in [6, 6.07) is 0. The van der Waals surface area contributed by atoms with Crippen LogP contribution in [0.1, 0.15) is 32.6 Å². The van der Waals surface area contributed by atoms with Gasteiger partial charge in [-0.25, -0.2) is 4.79 Å². The second kappa shape index (κ2) is 9.55. The topological polar surface area (TPSA) is 63.6 Å². The molecule has 0 saturated carbocycles. The fourth-order valence-electron chi connectivity index (χ4n) is 1.78. The first-order valence-electron chi connectivity index (χ1n) is 6.70. The van der Waals surface area contributed by atoms with E-state index in [-0.39, 0.29) is 12.4 Å². The minimum absolute atomic E-state index is 0.237. The van der Waals surface area contributed by atoms with Gasteiger partial charge in [0.15, 0.2) is 0 Å². The van der Waals surface area contributed by atoms with Crippen LogP contribution in [0, 0.1) is 0 Å². The van der Waals surface area contributed by atoms with Crippen LogP contribution in [0.25, 0.3) is 0 Å². The van der Waals surface area contributed by atoms with E-state index < -0.39 is 5.97 Å². The van der Waals surface area contributed by atoms with Gasteiger partial charge in [0.25, 0.3) is 0 Å². The first kappa shape index (κ1) is 17.6. The number of hydrogen-bond acceptors (Lipinski definition) is 3. The van der Waals surface area contributed by atoms with E-state index in [0.717, 1.165) is 30.4 Å². The van der Waals surface area contributed by atoms with E-state index in [2.05, 4.69) is 14.1 Å². The molecule has 0 aliphatic carbocycles. The Morgan fingerprint density at radius 3 is 2.37 bits per heavy atom. The highest BCUT2D eigenvalue weighted by Gasteiger charge is 2.14. The van der Waals surface area contributed by atoms with Gasteiger partial charge in [0.1, 0.15) is 0 Å². The molecule has 0 heterocycles.